The van der Waals surface area contributed by atoms with Crippen LogP contribution < -0.4 is 4.74 Å². The maximum Gasteiger partial charge on any atom is 0.118 e. The van der Waals surface area contributed by atoms with Gasteiger partial charge in [-0.05, 0) is 67.1 Å². The summed E-state index contributed by atoms with van der Waals surface area (Å²) in [4.78, 5) is 0. The van der Waals surface area contributed by atoms with E-state index in [9.17, 15) is 0 Å². The molecule has 3 saturated carbocycles. The van der Waals surface area contributed by atoms with Gasteiger partial charge in [-0.1, -0.05) is 31.2 Å². The molecule has 23 heavy (non-hydrogen) atoms. The molecule has 0 aliphatic heterocycles. The van der Waals surface area contributed by atoms with E-state index in [1.54, 1.807) is 7.11 Å². The van der Waals surface area contributed by atoms with Crippen LogP contribution in [0.3, 0.4) is 0 Å². The van der Waals surface area contributed by atoms with Gasteiger partial charge < -0.3 is 9.47 Å². The molecule has 0 heterocycles. The van der Waals surface area contributed by atoms with E-state index in [1.807, 2.05) is 12.1 Å². The van der Waals surface area contributed by atoms with E-state index >= 15 is 0 Å². The van der Waals surface area contributed by atoms with Crippen LogP contribution in [-0.4, -0.2) is 13.7 Å². The Morgan fingerprint density at radius 3 is 2.74 bits per heavy atom. The second-order valence-corrected chi connectivity index (χ2v) is 8.16. The number of fused-ring (bicyclic) bond motifs is 6. The van der Waals surface area contributed by atoms with Gasteiger partial charge in [-0.25, -0.2) is 0 Å². The minimum atomic E-state index is 0.384. The number of hydrogen-bond donors (Lipinski definition) is 0. The van der Waals surface area contributed by atoms with Crippen molar-refractivity contribution in [1.82, 2.24) is 0 Å². The summed E-state index contributed by atoms with van der Waals surface area (Å²) in [5.41, 5.74) is 3.12. The van der Waals surface area contributed by atoms with Crippen molar-refractivity contribution < 1.29 is 9.47 Å². The SMILES string of the molecule is C=C1C[C@]2(COCc3ccc(OC)cc3)C[C@H]1[C@@H]1C[C@H]2CC1C. The van der Waals surface area contributed by atoms with Crippen molar-refractivity contribution in [3.63, 3.8) is 0 Å². The minimum Gasteiger partial charge on any atom is -0.497 e. The molecule has 0 amide bonds. The van der Waals surface area contributed by atoms with Gasteiger partial charge in [0.1, 0.15) is 5.75 Å². The molecule has 5 atom stereocenters. The molecule has 0 aromatic heterocycles. The molecule has 3 fully saturated rings. The van der Waals surface area contributed by atoms with E-state index in [0.29, 0.717) is 12.0 Å². The van der Waals surface area contributed by atoms with E-state index in [2.05, 4.69) is 25.6 Å². The van der Waals surface area contributed by atoms with Crippen LogP contribution in [0.2, 0.25) is 0 Å². The first kappa shape index (κ1) is 15.3. The van der Waals surface area contributed by atoms with Gasteiger partial charge in [0, 0.05) is 5.41 Å². The Morgan fingerprint density at radius 2 is 2.00 bits per heavy atom. The molecule has 2 heteroatoms. The van der Waals surface area contributed by atoms with Crippen molar-refractivity contribution in [2.45, 2.75) is 39.2 Å². The van der Waals surface area contributed by atoms with Crippen LogP contribution in [0.4, 0.5) is 0 Å². The number of ether oxygens (including phenoxy) is 2. The van der Waals surface area contributed by atoms with Crippen LogP contribution in [0.15, 0.2) is 36.4 Å². The fourth-order valence-electron chi connectivity index (χ4n) is 5.67. The van der Waals surface area contributed by atoms with Crippen molar-refractivity contribution in [3.05, 3.63) is 42.0 Å². The van der Waals surface area contributed by atoms with Crippen molar-refractivity contribution in [2.24, 2.45) is 29.1 Å². The second kappa shape index (κ2) is 5.66. The van der Waals surface area contributed by atoms with Gasteiger partial charge in [0.05, 0.1) is 20.3 Å². The number of allylic oxidation sites excluding steroid dienone is 1. The molecule has 0 radical (unpaired) electrons. The summed E-state index contributed by atoms with van der Waals surface area (Å²) >= 11 is 0. The molecule has 1 aromatic rings. The fourth-order valence-corrected chi connectivity index (χ4v) is 5.67. The number of methoxy groups -OCH3 is 1. The normalized spacial score (nSPS) is 38.1. The first-order chi connectivity index (χ1) is 11.1. The molecular formula is C21H28O2. The van der Waals surface area contributed by atoms with Crippen LogP contribution in [0, 0.1) is 29.1 Å². The zero-order chi connectivity index (χ0) is 16.0. The number of benzene rings is 1. The predicted molar refractivity (Wildman–Crippen MR) is 92.3 cm³/mol. The van der Waals surface area contributed by atoms with E-state index in [0.717, 1.165) is 36.0 Å². The number of rotatable bonds is 5. The molecular weight excluding hydrogens is 284 g/mol. The zero-order valence-corrected chi connectivity index (χ0v) is 14.4. The summed E-state index contributed by atoms with van der Waals surface area (Å²) in [6.45, 7) is 8.46. The van der Waals surface area contributed by atoms with Crippen LogP contribution in [0.25, 0.3) is 0 Å². The molecule has 4 rings (SSSR count). The Kier molecular flexibility index (Phi) is 3.76. The average molecular weight is 312 g/mol. The topological polar surface area (TPSA) is 18.5 Å². The minimum absolute atomic E-state index is 0.384. The van der Waals surface area contributed by atoms with E-state index in [4.69, 9.17) is 9.47 Å². The lowest BCUT2D eigenvalue weighted by atomic mass is 9.68. The lowest BCUT2D eigenvalue weighted by Crippen LogP contribution is -2.34. The van der Waals surface area contributed by atoms with Crippen molar-refractivity contribution >= 4 is 0 Å². The lowest BCUT2D eigenvalue weighted by molar-refractivity contribution is -0.0110. The van der Waals surface area contributed by atoms with Gasteiger partial charge in [-0.2, -0.15) is 0 Å². The highest BCUT2D eigenvalue weighted by Crippen LogP contribution is 2.65. The van der Waals surface area contributed by atoms with Crippen LogP contribution in [-0.2, 0) is 11.3 Å². The average Bonchev–Trinajstić information content (AvgIpc) is 3.03. The highest BCUT2D eigenvalue weighted by molar-refractivity contribution is 5.27. The van der Waals surface area contributed by atoms with Crippen LogP contribution in [0.5, 0.6) is 5.75 Å². The third-order valence-electron chi connectivity index (χ3n) is 6.87. The molecule has 0 spiro atoms. The fraction of sp³-hybridized carbons (Fsp3) is 0.619. The van der Waals surface area contributed by atoms with Crippen molar-refractivity contribution in [2.75, 3.05) is 13.7 Å². The molecule has 124 valence electrons. The highest BCUT2D eigenvalue weighted by atomic mass is 16.5. The first-order valence-electron chi connectivity index (χ1n) is 9.00. The lowest BCUT2D eigenvalue weighted by Gasteiger charge is -2.38. The van der Waals surface area contributed by atoms with Gasteiger partial charge in [0.15, 0.2) is 0 Å². The molecule has 3 aliphatic carbocycles. The standard InChI is InChI=1S/C21H28O2/c1-14-8-17-9-19(14)20-11-21(17,10-15(20)2)13-23-12-16-4-6-18(22-3)7-5-16/h4-7,14,17,19-20H,2,8-13H2,1,3H3/t14?,17-,19-,20-,21-/m1/s1. The molecule has 1 unspecified atom stereocenters. The Morgan fingerprint density at radius 1 is 1.22 bits per heavy atom. The third kappa shape index (κ3) is 2.52. The first-order valence-corrected chi connectivity index (χ1v) is 9.00. The van der Waals surface area contributed by atoms with Gasteiger partial charge in [-0.3, -0.25) is 0 Å². The Balaban J connectivity index is 1.41. The summed E-state index contributed by atoms with van der Waals surface area (Å²) in [6.07, 6.45) is 5.35. The third-order valence-corrected chi connectivity index (χ3v) is 6.87. The summed E-state index contributed by atoms with van der Waals surface area (Å²) in [5.74, 6) is 4.32. The maximum absolute atomic E-state index is 6.21. The Bertz CT molecular complexity index is 590. The largest absolute Gasteiger partial charge is 0.497 e. The van der Waals surface area contributed by atoms with Gasteiger partial charge in [0.25, 0.3) is 0 Å². The Hall–Kier alpha value is -1.28. The molecule has 0 N–H and O–H groups in total. The second-order valence-electron chi connectivity index (χ2n) is 8.16. The van der Waals surface area contributed by atoms with Crippen LogP contribution in [0.1, 0.15) is 38.2 Å². The van der Waals surface area contributed by atoms with Gasteiger partial charge in [0.2, 0.25) is 0 Å². The van der Waals surface area contributed by atoms with Crippen molar-refractivity contribution in [1.29, 1.82) is 0 Å². The predicted octanol–water partition coefficient (Wildman–Crippen LogP) is 4.84. The smallest absolute Gasteiger partial charge is 0.118 e. The van der Waals surface area contributed by atoms with Crippen LogP contribution >= 0.6 is 0 Å². The van der Waals surface area contributed by atoms with E-state index in [1.165, 1.54) is 36.8 Å². The molecule has 2 nitrogen and oxygen atoms in total. The zero-order valence-electron chi connectivity index (χ0n) is 14.4. The molecule has 0 saturated heterocycles. The van der Waals surface area contributed by atoms with E-state index < -0.39 is 0 Å². The van der Waals surface area contributed by atoms with Crippen molar-refractivity contribution in [3.8, 4) is 5.75 Å². The highest BCUT2D eigenvalue weighted by Gasteiger charge is 2.58. The maximum atomic E-state index is 6.21. The summed E-state index contributed by atoms with van der Waals surface area (Å²) in [6, 6.07) is 8.21. The monoisotopic (exact) mass is 312 g/mol. The Labute approximate surface area is 139 Å². The number of hydrogen-bond acceptors (Lipinski definition) is 2. The van der Waals surface area contributed by atoms with Gasteiger partial charge >= 0.3 is 0 Å². The molecule has 1 aromatic carbocycles. The summed E-state index contributed by atoms with van der Waals surface area (Å²) in [5, 5.41) is 0. The molecule has 3 aliphatic rings. The summed E-state index contributed by atoms with van der Waals surface area (Å²) in [7, 11) is 1.70. The van der Waals surface area contributed by atoms with E-state index in [-0.39, 0.29) is 0 Å². The summed E-state index contributed by atoms with van der Waals surface area (Å²) < 4.78 is 11.4. The quantitative estimate of drug-likeness (QED) is 0.724. The molecule has 4 bridgehead atoms. The van der Waals surface area contributed by atoms with Gasteiger partial charge in [-0.15, -0.1) is 0 Å².